The Kier molecular flexibility index (Phi) is 3.10. The van der Waals surface area contributed by atoms with Crippen molar-refractivity contribution in [2.45, 2.75) is 25.9 Å². The SMILES string of the molecule is CCc1cc(C(=O)N2CC(C)(O)C2)cc(Cl)n1. The minimum Gasteiger partial charge on any atom is -0.386 e. The number of pyridine rings is 1. The molecule has 1 aliphatic heterocycles. The number of nitrogens with zero attached hydrogens (tertiary/aromatic N) is 2. The number of hydrogen-bond acceptors (Lipinski definition) is 3. The summed E-state index contributed by atoms with van der Waals surface area (Å²) in [7, 11) is 0. The maximum atomic E-state index is 12.1. The summed E-state index contributed by atoms with van der Waals surface area (Å²) < 4.78 is 0. The molecule has 1 saturated heterocycles. The van der Waals surface area contributed by atoms with Crippen molar-refractivity contribution < 1.29 is 9.90 Å². The molecule has 0 saturated carbocycles. The summed E-state index contributed by atoms with van der Waals surface area (Å²) in [6.07, 6.45) is 0.735. The first-order chi connectivity index (χ1) is 7.91. The summed E-state index contributed by atoms with van der Waals surface area (Å²) in [4.78, 5) is 17.8. The van der Waals surface area contributed by atoms with Crippen molar-refractivity contribution in [2.24, 2.45) is 0 Å². The summed E-state index contributed by atoms with van der Waals surface area (Å²) in [6, 6.07) is 3.32. The number of aryl methyl sites for hydroxylation is 1. The average Bonchev–Trinajstić information content (AvgIpc) is 2.23. The highest BCUT2D eigenvalue weighted by Gasteiger charge is 2.39. The maximum Gasteiger partial charge on any atom is 0.254 e. The number of hydrogen-bond donors (Lipinski definition) is 1. The van der Waals surface area contributed by atoms with Crippen LogP contribution in [0.15, 0.2) is 12.1 Å². The lowest BCUT2D eigenvalue weighted by molar-refractivity contribution is -0.0668. The lowest BCUT2D eigenvalue weighted by Gasteiger charge is -2.44. The van der Waals surface area contributed by atoms with Crippen molar-refractivity contribution in [3.05, 3.63) is 28.5 Å². The quantitative estimate of drug-likeness (QED) is 0.814. The van der Waals surface area contributed by atoms with Crippen LogP contribution in [0.3, 0.4) is 0 Å². The number of likely N-dealkylation sites (tertiary alicyclic amines) is 1. The van der Waals surface area contributed by atoms with Gasteiger partial charge >= 0.3 is 0 Å². The Morgan fingerprint density at radius 3 is 2.76 bits per heavy atom. The number of aromatic nitrogens is 1. The highest BCUT2D eigenvalue weighted by Crippen LogP contribution is 2.23. The van der Waals surface area contributed by atoms with Gasteiger partial charge in [-0.2, -0.15) is 0 Å². The molecule has 1 aromatic rings. The molecule has 5 heteroatoms. The van der Waals surface area contributed by atoms with Crippen LogP contribution in [0.1, 0.15) is 29.9 Å². The predicted molar refractivity (Wildman–Crippen MR) is 65.2 cm³/mol. The second-order valence-electron chi connectivity index (χ2n) is 4.68. The van der Waals surface area contributed by atoms with Crippen molar-refractivity contribution in [3.8, 4) is 0 Å². The predicted octanol–water partition coefficient (Wildman–Crippen LogP) is 1.50. The van der Waals surface area contributed by atoms with Crippen LogP contribution >= 0.6 is 11.6 Å². The van der Waals surface area contributed by atoms with Crippen LogP contribution in [0.4, 0.5) is 0 Å². The van der Waals surface area contributed by atoms with E-state index in [0.29, 0.717) is 23.8 Å². The molecule has 1 N–H and O–H groups in total. The van der Waals surface area contributed by atoms with E-state index in [4.69, 9.17) is 11.6 Å². The van der Waals surface area contributed by atoms with Gasteiger partial charge in [-0.1, -0.05) is 18.5 Å². The number of carbonyl (C=O) groups excluding carboxylic acids is 1. The zero-order chi connectivity index (χ0) is 12.6. The van der Waals surface area contributed by atoms with Crippen LogP contribution in [-0.4, -0.2) is 39.6 Å². The van der Waals surface area contributed by atoms with E-state index in [1.807, 2.05) is 6.92 Å². The van der Waals surface area contributed by atoms with Crippen LogP contribution in [0.5, 0.6) is 0 Å². The molecule has 0 spiro atoms. The molecular weight excluding hydrogens is 240 g/mol. The van der Waals surface area contributed by atoms with Crippen LogP contribution in [0, 0.1) is 0 Å². The third-order valence-electron chi connectivity index (χ3n) is 2.81. The van der Waals surface area contributed by atoms with Gasteiger partial charge in [-0.05, 0) is 25.5 Å². The van der Waals surface area contributed by atoms with Crippen molar-refractivity contribution in [1.82, 2.24) is 9.88 Å². The van der Waals surface area contributed by atoms with Gasteiger partial charge in [0.25, 0.3) is 5.91 Å². The highest BCUT2D eigenvalue weighted by atomic mass is 35.5. The summed E-state index contributed by atoms with van der Waals surface area (Å²) in [6.45, 7) is 4.41. The molecular formula is C12H15ClN2O2. The van der Waals surface area contributed by atoms with E-state index >= 15 is 0 Å². The Hall–Kier alpha value is -1.13. The van der Waals surface area contributed by atoms with E-state index in [9.17, 15) is 9.90 Å². The van der Waals surface area contributed by atoms with Crippen molar-refractivity contribution in [3.63, 3.8) is 0 Å². The van der Waals surface area contributed by atoms with Gasteiger partial charge in [0.1, 0.15) is 5.15 Å². The van der Waals surface area contributed by atoms with Gasteiger partial charge in [0.15, 0.2) is 0 Å². The summed E-state index contributed by atoms with van der Waals surface area (Å²) in [5, 5.41) is 9.94. The monoisotopic (exact) mass is 254 g/mol. The van der Waals surface area contributed by atoms with E-state index < -0.39 is 5.60 Å². The standard InChI is InChI=1S/C12H15ClN2O2/c1-3-9-4-8(5-10(13)14-9)11(16)15-6-12(2,17)7-15/h4-5,17H,3,6-7H2,1-2H3. The van der Waals surface area contributed by atoms with E-state index in [1.165, 1.54) is 0 Å². The molecule has 0 aliphatic carbocycles. The molecule has 0 unspecified atom stereocenters. The zero-order valence-corrected chi connectivity index (χ0v) is 10.7. The molecule has 0 bridgehead atoms. The van der Waals surface area contributed by atoms with Gasteiger partial charge in [0, 0.05) is 11.3 Å². The van der Waals surface area contributed by atoms with Gasteiger partial charge in [0.05, 0.1) is 18.7 Å². The van der Waals surface area contributed by atoms with Crippen LogP contribution in [-0.2, 0) is 6.42 Å². The Labute approximate surface area is 105 Å². The summed E-state index contributed by atoms with van der Waals surface area (Å²) >= 11 is 5.86. The molecule has 1 fully saturated rings. The van der Waals surface area contributed by atoms with E-state index in [2.05, 4.69) is 4.98 Å². The topological polar surface area (TPSA) is 53.4 Å². The van der Waals surface area contributed by atoms with Gasteiger partial charge in [-0.3, -0.25) is 4.79 Å². The lowest BCUT2D eigenvalue weighted by Crippen LogP contribution is -2.61. The summed E-state index contributed by atoms with van der Waals surface area (Å²) in [5.41, 5.74) is 0.588. The fourth-order valence-electron chi connectivity index (χ4n) is 1.96. The normalized spacial score (nSPS) is 17.8. The van der Waals surface area contributed by atoms with Crippen LogP contribution < -0.4 is 0 Å². The molecule has 0 atom stereocenters. The number of carbonyl (C=O) groups is 1. The fourth-order valence-corrected chi connectivity index (χ4v) is 2.18. The molecule has 0 aromatic carbocycles. The molecule has 0 radical (unpaired) electrons. The Bertz CT molecular complexity index is 452. The average molecular weight is 255 g/mol. The van der Waals surface area contributed by atoms with E-state index in [0.717, 1.165) is 12.1 Å². The van der Waals surface area contributed by atoms with Crippen molar-refractivity contribution >= 4 is 17.5 Å². The van der Waals surface area contributed by atoms with Gasteiger partial charge in [-0.15, -0.1) is 0 Å². The molecule has 1 aliphatic rings. The number of rotatable bonds is 2. The Morgan fingerprint density at radius 1 is 1.59 bits per heavy atom. The molecule has 4 nitrogen and oxygen atoms in total. The van der Waals surface area contributed by atoms with Crippen molar-refractivity contribution in [1.29, 1.82) is 0 Å². The van der Waals surface area contributed by atoms with Crippen LogP contribution in [0.2, 0.25) is 5.15 Å². The van der Waals surface area contributed by atoms with E-state index in [1.54, 1.807) is 24.0 Å². The molecule has 92 valence electrons. The van der Waals surface area contributed by atoms with Crippen LogP contribution in [0.25, 0.3) is 0 Å². The lowest BCUT2D eigenvalue weighted by atomic mass is 9.96. The Morgan fingerprint density at radius 2 is 2.24 bits per heavy atom. The first kappa shape index (κ1) is 12.3. The van der Waals surface area contributed by atoms with Gasteiger partial charge in [-0.25, -0.2) is 4.98 Å². The largest absolute Gasteiger partial charge is 0.386 e. The molecule has 17 heavy (non-hydrogen) atoms. The Balaban J connectivity index is 2.17. The van der Waals surface area contributed by atoms with Crippen molar-refractivity contribution in [2.75, 3.05) is 13.1 Å². The second-order valence-corrected chi connectivity index (χ2v) is 5.07. The smallest absolute Gasteiger partial charge is 0.254 e. The van der Waals surface area contributed by atoms with Gasteiger partial charge < -0.3 is 10.0 Å². The minimum atomic E-state index is -0.750. The second kappa shape index (κ2) is 4.27. The first-order valence-electron chi connectivity index (χ1n) is 5.59. The fraction of sp³-hybridized carbons (Fsp3) is 0.500. The highest BCUT2D eigenvalue weighted by molar-refractivity contribution is 6.29. The molecule has 1 amide bonds. The maximum absolute atomic E-state index is 12.1. The molecule has 1 aromatic heterocycles. The number of amides is 1. The zero-order valence-electron chi connectivity index (χ0n) is 9.90. The third-order valence-corrected chi connectivity index (χ3v) is 3.00. The van der Waals surface area contributed by atoms with E-state index in [-0.39, 0.29) is 5.91 Å². The molecule has 2 rings (SSSR count). The number of halogens is 1. The number of β-amino-alcohol motifs (C(OH)–C–C–N with tert-alkyl or cyclic N) is 1. The number of aliphatic hydroxyl groups is 1. The summed E-state index contributed by atoms with van der Waals surface area (Å²) in [5.74, 6) is -0.101. The third kappa shape index (κ3) is 2.58. The molecule has 2 heterocycles. The van der Waals surface area contributed by atoms with Gasteiger partial charge in [0.2, 0.25) is 0 Å². The first-order valence-corrected chi connectivity index (χ1v) is 5.97. The minimum absolute atomic E-state index is 0.101.